The minimum atomic E-state index is -0.302. The van der Waals surface area contributed by atoms with Crippen molar-refractivity contribution in [1.29, 1.82) is 0 Å². The standard InChI is InChI=1S/C14H25N3O2/c1-3-11-12(18)16-8-9-17(11)13(19)14(4-2)6-5-7-15-10-14/h11,15H,3-10H2,1-2H3,(H,16,18). The Morgan fingerprint density at radius 2 is 2.21 bits per heavy atom. The van der Waals surface area contributed by atoms with Crippen LogP contribution in [0.1, 0.15) is 39.5 Å². The maximum Gasteiger partial charge on any atom is 0.242 e. The Labute approximate surface area is 115 Å². The summed E-state index contributed by atoms with van der Waals surface area (Å²) in [6.45, 7) is 7.01. The van der Waals surface area contributed by atoms with Crippen molar-refractivity contribution in [1.82, 2.24) is 15.5 Å². The zero-order valence-corrected chi connectivity index (χ0v) is 12.0. The lowest BCUT2D eigenvalue weighted by Crippen LogP contribution is -2.61. The third kappa shape index (κ3) is 2.61. The maximum atomic E-state index is 12.9. The Bertz CT molecular complexity index is 351. The quantitative estimate of drug-likeness (QED) is 0.783. The van der Waals surface area contributed by atoms with Crippen LogP contribution in [0.2, 0.25) is 0 Å². The Morgan fingerprint density at radius 1 is 1.42 bits per heavy atom. The van der Waals surface area contributed by atoms with Gasteiger partial charge in [-0.3, -0.25) is 9.59 Å². The van der Waals surface area contributed by atoms with Gasteiger partial charge in [0.05, 0.1) is 5.41 Å². The molecule has 2 saturated heterocycles. The molecule has 19 heavy (non-hydrogen) atoms. The molecule has 2 aliphatic rings. The maximum absolute atomic E-state index is 12.9. The molecule has 2 fully saturated rings. The molecule has 0 bridgehead atoms. The molecule has 2 rings (SSSR count). The fourth-order valence-corrected chi connectivity index (χ4v) is 3.27. The number of piperazine rings is 1. The highest BCUT2D eigenvalue weighted by Gasteiger charge is 2.44. The molecule has 5 nitrogen and oxygen atoms in total. The number of hydrogen-bond acceptors (Lipinski definition) is 3. The average molecular weight is 267 g/mol. The molecule has 0 aromatic heterocycles. The van der Waals surface area contributed by atoms with Gasteiger partial charge in [-0.25, -0.2) is 0 Å². The van der Waals surface area contributed by atoms with Gasteiger partial charge in [0.1, 0.15) is 6.04 Å². The third-order valence-corrected chi connectivity index (χ3v) is 4.58. The molecule has 0 spiro atoms. The van der Waals surface area contributed by atoms with Crippen LogP contribution < -0.4 is 10.6 Å². The number of nitrogens with zero attached hydrogens (tertiary/aromatic N) is 1. The van der Waals surface area contributed by atoms with Crippen molar-refractivity contribution >= 4 is 11.8 Å². The van der Waals surface area contributed by atoms with Gasteiger partial charge in [-0.2, -0.15) is 0 Å². The number of amides is 2. The first-order valence-electron chi connectivity index (χ1n) is 7.44. The number of carbonyl (C=O) groups is 2. The molecule has 2 atom stereocenters. The van der Waals surface area contributed by atoms with E-state index in [0.29, 0.717) is 19.5 Å². The van der Waals surface area contributed by atoms with Gasteiger partial charge in [-0.1, -0.05) is 13.8 Å². The van der Waals surface area contributed by atoms with E-state index in [1.165, 1.54) is 0 Å². The van der Waals surface area contributed by atoms with Gasteiger partial charge >= 0.3 is 0 Å². The van der Waals surface area contributed by atoms with E-state index in [2.05, 4.69) is 17.6 Å². The van der Waals surface area contributed by atoms with Crippen LogP contribution in [0.15, 0.2) is 0 Å². The number of hydrogen-bond donors (Lipinski definition) is 2. The molecular formula is C14H25N3O2. The molecule has 2 amide bonds. The van der Waals surface area contributed by atoms with Crippen LogP contribution in [-0.4, -0.2) is 48.9 Å². The molecule has 2 aliphatic heterocycles. The van der Waals surface area contributed by atoms with Crippen molar-refractivity contribution in [2.75, 3.05) is 26.2 Å². The van der Waals surface area contributed by atoms with Gasteiger partial charge in [0.2, 0.25) is 11.8 Å². The molecule has 2 N–H and O–H groups in total. The van der Waals surface area contributed by atoms with Crippen LogP contribution in [0, 0.1) is 5.41 Å². The van der Waals surface area contributed by atoms with Crippen LogP contribution >= 0.6 is 0 Å². The first-order valence-corrected chi connectivity index (χ1v) is 7.44. The predicted molar refractivity (Wildman–Crippen MR) is 73.6 cm³/mol. The van der Waals surface area contributed by atoms with Crippen molar-refractivity contribution in [3.05, 3.63) is 0 Å². The third-order valence-electron chi connectivity index (χ3n) is 4.58. The van der Waals surface area contributed by atoms with Gasteiger partial charge in [0.25, 0.3) is 0 Å². The summed E-state index contributed by atoms with van der Waals surface area (Å²) in [6.07, 6.45) is 3.50. The van der Waals surface area contributed by atoms with E-state index in [9.17, 15) is 9.59 Å². The minimum absolute atomic E-state index is 0.00267. The van der Waals surface area contributed by atoms with E-state index < -0.39 is 0 Å². The summed E-state index contributed by atoms with van der Waals surface area (Å²) < 4.78 is 0. The number of rotatable bonds is 3. The van der Waals surface area contributed by atoms with Gasteiger partial charge in [-0.05, 0) is 32.2 Å². The van der Waals surface area contributed by atoms with E-state index in [4.69, 9.17) is 0 Å². The van der Waals surface area contributed by atoms with Crippen molar-refractivity contribution in [2.24, 2.45) is 5.41 Å². The zero-order valence-electron chi connectivity index (χ0n) is 12.0. The topological polar surface area (TPSA) is 61.4 Å². The molecule has 0 aliphatic carbocycles. The Hall–Kier alpha value is -1.10. The first kappa shape index (κ1) is 14.3. The van der Waals surface area contributed by atoms with Crippen LogP contribution in [0.3, 0.4) is 0 Å². The highest BCUT2D eigenvalue weighted by atomic mass is 16.2. The molecule has 2 heterocycles. The van der Waals surface area contributed by atoms with Crippen LogP contribution in [0.25, 0.3) is 0 Å². The van der Waals surface area contributed by atoms with Crippen molar-refractivity contribution < 1.29 is 9.59 Å². The Balaban J connectivity index is 2.18. The molecule has 0 saturated carbocycles. The molecule has 108 valence electrons. The summed E-state index contributed by atoms with van der Waals surface area (Å²) in [7, 11) is 0. The zero-order chi connectivity index (χ0) is 13.9. The monoisotopic (exact) mass is 267 g/mol. The van der Waals surface area contributed by atoms with E-state index in [1.807, 2.05) is 11.8 Å². The van der Waals surface area contributed by atoms with Gasteiger partial charge in [-0.15, -0.1) is 0 Å². The second-order valence-corrected chi connectivity index (χ2v) is 5.63. The fraction of sp³-hybridized carbons (Fsp3) is 0.857. The molecule has 0 aromatic carbocycles. The van der Waals surface area contributed by atoms with Gasteiger partial charge in [0, 0.05) is 19.6 Å². The molecule has 0 radical (unpaired) electrons. The first-order chi connectivity index (χ1) is 9.14. The molecule has 5 heteroatoms. The summed E-state index contributed by atoms with van der Waals surface area (Å²) in [5.41, 5.74) is -0.302. The van der Waals surface area contributed by atoms with E-state index in [1.54, 1.807) is 0 Å². The van der Waals surface area contributed by atoms with Gasteiger partial charge in [0.15, 0.2) is 0 Å². The lowest BCUT2D eigenvalue weighted by atomic mass is 9.76. The van der Waals surface area contributed by atoms with Gasteiger partial charge < -0.3 is 15.5 Å². The highest BCUT2D eigenvalue weighted by molar-refractivity contribution is 5.91. The summed E-state index contributed by atoms with van der Waals surface area (Å²) in [5, 5.41) is 6.20. The van der Waals surface area contributed by atoms with Crippen LogP contribution in [0.5, 0.6) is 0 Å². The number of piperidine rings is 1. The predicted octanol–water partition coefficient (Wildman–Crippen LogP) is 0.503. The second-order valence-electron chi connectivity index (χ2n) is 5.63. The molecule has 2 unspecified atom stereocenters. The fourth-order valence-electron chi connectivity index (χ4n) is 3.27. The summed E-state index contributed by atoms with van der Waals surface area (Å²) in [5.74, 6) is 0.168. The lowest BCUT2D eigenvalue weighted by Gasteiger charge is -2.43. The average Bonchev–Trinajstić information content (AvgIpc) is 2.47. The minimum Gasteiger partial charge on any atom is -0.353 e. The lowest BCUT2D eigenvalue weighted by molar-refractivity contribution is -0.152. The normalized spacial score (nSPS) is 32.0. The summed E-state index contributed by atoms with van der Waals surface area (Å²) in [6, 6.07) is -0.286. The Kier molecular flexibility index (Phi) is 4.45. The van der Waals surface area contributed by atoms with Crippen LogP contribution in [0.4, 0.5) is 0 Å². The highest BCUT2D eigenvalue weighted by Crippen LogP contribution is 2.33. The Morgan fingerprint density at radius 3 is 2.79 bits per heavy atom. The largest absolute Gasteiger partial charge is 0.353 e. The molecule has 0 aromatic rings. The van der Waals surface area contributed by atoms with E-state index in [0.717, 1.165) is 32.4 Å². The van der Waals surface area contributed by atoms with E-state index >= 15 is 0 Å². The summed E-state index contributed by atoms with van der Waals surface area (Å²) >= 11 is 0. The summed E-state index contributed by atoms with van der Waals surface area (Å²) in [4.78, 5) is 26.6. The second kappa shape index (κ2) is 5.90. The van der Waals surface area contributed by atoms with Crippen LogP contribution in [-0.2, 0) is 9.59 Å². The smallest absolute Gasteiger partial charge is 0.242 e. The van der Waals surface area contributed by atoms with Crippen molar-refractivity contribution in [3.63, 3.8) is 0 Å². The number of carbonyl (C=O) groups excluding carboxylic acids is 2. The van der Waals surface area contributed by atoms with Crippen molar-refractivity contribution in [2.45, 2.75) is 45.6 Å². The molecular weight excluding hydrogens is 242 g/mol. The number of nitrogens with one attached hydrogen (secondary N) is 2. The van der Waals surface area contributed by atoms with Crippen molar-refractivity contribution in [3.8, 4) is 0 Å². The van der Waals surface area contributed by atoms with E-state index in [-0.39, 0.29) is 23.3 Å². The SMILES string of the molecule is CCC1C(=O)NCCN1C(=O)C1(CC)CCCNC1.